The molecule has 3 N–H and O–H groups in total. The molecule has 224 valence electrons. The van der Waals surface area contributed by atoms with Gasteiger partial charge in [-0.15, -0.1) is 0 Å². The maximum absolute atomic E-state index is 12.5. The fourth-order valence-corrected chi connectivity index (χ4v) is 6.08. The predicted molar refractivity (Wildman–Crippen MR) is 161 cm³/mol. The monoisotopic (exact) mass is 595 g/mol. The number of amides is 2. The molecule has 5 rings (SSSR count). The average Bonchev–Trinajstić information content (AvgIpc) is 3.37. The minimum Gasteiger partial charge on any atom is -0.481 e. The Balaban J connectivity index is 1.24. The SMILES string of the molecule is CN(CCO)C(=O)N1CC=C(c2ccc(-c3nc4nc(O[C@H]5CC[C@H](C(C)(C)C(=O)O)CC5)[nH]c4cc3Cl)cc2)CC1. The molecule has 2 aromatic heterocycles. The third-order valence-corrected chi connectivity index (χ3v) is 8.99. The lowest BCUT2D eigenvalue weighted by Crippen LogP contribution is -2.44. The van der Waals surface area contributed by atoms with Gasteiger partial charge in [0, 0.05) is 32.2 Å². The second-order valence-electron chi connectivity index (χ2n) is 11.8. The van der Waals surface area contributed by atoms with Crippen LogP contribution < -0.4 is 4.74 Å². The van der Waals surface area contributed by atoms with Crippen LogP contribution in [0.25, 0.3) is 28.0 Å². The van der Waals surface area contributed by atoms with Gasteiger partial charge in [0.2, 0.25) is 0 Å². The minimum absolute atomic E-state index is 0.0327. The first-order valence-electron chi connectivity index (χ1n) is 14.4. The zero-order valence-electron chi connectivity index (χ0n) is 24.3. The molecule has 11 heteroatoms. The minimum atomic E-state index is -0.757. The van der Waals surface area contributed by atoms with Crippen molar-refractivity contribution in [3.05, 3.63) is 47.0 Å². The van der Waals surface area contributed by atoms with Crippen molar-refractivity contribution in [2.45, 2.75) is 52.1 Å². The summed E-state index contributed by atoms with van der Waals surface area (Å²) in [7, 11) is 1.70. The molecular formula is C31H38ClN5O5. The Morgan fingerprint density at radius 3 is 2.45 bits per heavy atom. The molecule has 1 aromatic carbocycles. The van der Waals surface area contributed by atoms with Gasteiger partial charge in [0.15, 0.2) is 5.65 Å². The number of aromatic amines is 1. The lowest BCUT2D eigenvalue weighted by molar-refractivity contribution is -0.151. The number of aliphatic carboxylic acids is 1. The fraction of sp³-hybridized carbons (Fsp3) is 0.484. The van der Waals surface area contributed by atoms with E-state index in [9.17, 15) is 14.7 Å². The molecule has 3 aromatic rings. The highest BCUT2D eigenvalue weighted by Gasteiger charge is 2.39. The summed E-state index contributed by atoms with van der Waals surface area (Å²) in [5.41, 5.74) is 4.23. The summed E-state index contributed by atoms with van der Waals surface area (Å²) in [6.07, 6.45) is 5.93. The van der Waals surface area contributed by atoms with Gasteiger partial charge in [-0.2, -0.15) is 4.98 Å². The molecule has 1 fully saturated rings. The van der Waals surface area contributed by atoms with Crippen LogP contribution in [0.3, 0.4) is 0 Å². The molecule has 10 nitrogen and oxygen atoms in total. The van der Waals surface area contributed by atoms with Crippen LogP contribution in [0.15, 0.2) is 36.4 Å². The van der Waals surface area contributed by atoms with E-state index in [-0.39, 0.29) is 24.7 Å². The number of rotatable bonds is 8. The summed E-state index contributed by atoms with van der Waals surface area (Å²) in [5.74, 6) is -0.634. The third-order valence-electron chi connectivity index (χ3n) is 8.70. The van der Waals surface area contributed by atoms with Crippen molar-refractivity contribution in [2.24, 2.45) is 11.3 Å². The van der Waals surface area contributed by atoms with E-state index >= 15 is 0 Å². The number of carboxylic acid groups (broad SMARTS) is 1. The summed E-state index contributed by atoms with van der Waals surface area (Å²) in [6, 6.07) is 10.2. The summed E-state index contributed by atoms with van der Waals surface area (Å²) in [4.78, 5) is 39.9. The van der Waals surface area contributed by atoms with Crippen LogP contribution in [0.1, 0.15) is 51.5 Å². The lowest BCUT2D eigenvalue weighted by atomic mass is 9.70. The number of aromatic nitrogens is 3. The first-order chi connectivity index (χ1) is 20.1. The van der Waals surface area contributed by atoms with Crippen LogP contribution >= 0.6 is 11.6 Å². The molecule has 1 aliphatic heterocycles. The number of carboxylic acids is 1. The van der Waals surface area contributed by atoms with E-state index in [2.05, 4.69) is 16.0 Å². The van der Waals surface area contributed by atoms with Crippen molar-refractivity contribution in [2.75, 3.05) is 33.3 Å². The Labute approximate surface area is 250 Å². The number of ether oxygens (including phenoxy) is 1. The molecule has 0 unspecified atom stereocenters. The number of hydrogen-bond donors (Lipinski definition) is 3. The number of pyridine rings is 1. The molecule has 0 spiro atoms. The number of H-pyrrole nitrogens is 1. The van der Waals surface area contributed by atoms with Crippen LogP contribution in [0, 0.1) is 11.3 Å². The standard InChI is InChI=1S/C31H38ClN5O5/c1-31(2,28(39)40)22-8-10-23(11-9-22)42-29-33-25-18-24(32)26(34-27(25)35-29)21-6-4-19(5-7-21)20-12-14-37(15-13-20)30(41)36(3)16-17-38/h4-7,12,18,22-23,38H,8-11,13-17H2,1-3H3,(H,39,40)(H,33,34,35)/t22-,23-. The Hall–Kier alpha value is -3.63. The van der Waals surface area contributed by atoms with E-state index in [4.69, 9.17) is 26.4 Å². The summed E-state index contributed by atoms with van der Waals surface area (Å²) in [6.45, 7) is 5.01. The van der Waals surface area contributed by atoms with Crippen LogP contribution in [0.4, 0.5) is 4.79 Å². The Morgan fingerprint density at radius 1 is 1.14 bits per heavy atom. The molecule has 0 saturated heterocycles. The number of aliphatic hydroxyl groups is 1. The highest BCUT2D eigenvalue weighted by molar-refractivity contribution is 6.33. The van der Waals surface area contributed by atoms with Crippen molar-refractivity contribution in [3.8, 4) is 17.3 Å². The highest BCUT2D eigenvalue weighted by atomic mass is 35.5. The van der Waals surface area contributed by atoms with Crippen LogP contribution in [-0.2, 0) is 4.79 Å². The number of carbonyl (C=O) groups is 2. The molecule has 2 amide bonds. The highest BCUT2D eigenvalue weighted by Crippen LogP contribution is 2.39. The number of likely N-dealkylation sites (N-methyl/N-ethyl adjacent to an activating group) is 1. The number of fused-ring (bicyclic) bond motifs is 1. The molecule has 2 aliphatic rings. The molecular weight excluding hydrogens is 558 g/mol. The maximum atomic E-state index is 12.5. The Kier molecular flexibility index (Phi) is 8.75. The van der Waals surface area contributed by atoms with Crippen molar-refractivity contribution in [1.82, 2.24) is 24.8 Å². The second kappa shape index (κ2) is 12.3. The smallest absolute Gasteiger partial charge is 0.320 e. The van der Waals surface area contributed by atoms with E-state index in [1.807, 2.05) is 30.3 Å². The van der Waals surface area contributed by atoms with Crippen molar-refractivity contribution in [3.63, 3.8) is 0 Å². The molecule has 3 heterocycles. The van der Waals surface area contributed by atoms with E-state index in [1.165, 1.54) is 10.5 Å². The number of imidazole rings is 1. The first kappa shape index (κ1) is 29.8. The molecule has 0 bridgehead atoms. The van der Waals surface area contributed by atoms with Crippen LogP contribution in [0.2, 0.25) is 5.02 Å². The average molecular weight is 596 g/mol. The molecule has 42 heavy (non-hydrogen) atoms. The van der Waals surface area contributed by atoms with Gasteiger partial charge in [-0.05, 0) is 69.1 Å². The zero-order valence-corrected chi connectivity index (χ0v) is 25.0. The summed E-state index contributed by atoms with van der Waals surface area (Å²) < 4.78 is 6.14. The van der Waals surface area contributed by atoms with Gasteiger partial charge < -0.3 is 29.7 Å². The third kappa shape index (κ3) is 6.24. The van der Waals surface area contributed by atoms with Crippen molar-refractivity contribution >= 4 is 40.3 Å². The quantitative estimate of drug-likeness (QED) is 0.315. The maximum Gasteiger partial charge on any atom is 0.320 e. The first-order valence-corrected chi connectivity index (χ1v) is 14.8. The molecule has 1 aliphatic carbocycles. The van der Waals surface area contributed by atoms with Gasteiger partial charge in [-0.25, -0.2) is 9.78 Å². The molecule has 0 atom stereocenters. The Bertz CT molecular complexity index is 1480. The predicted octanol–water partition coefficient (Wildman–Crippen LogP) is 5.46. The van der Waals surface area contributed by atoms with Crippen molar-refractivity contribution < 1.29 is 24.5 Å². The normalized spacial score (nSPS) is 19.5. The number of halogens is 1. The summed E-state index contributed by atoms with van der Waals surface area (Å²) >= 11 is 6.64. The number of carbonyl (C=O) groups excluding carboxylic acids is 1. The fourth-order valence-electron chi connectivity index (χ4n) is 5.82. The van der Waals surface area contributed by atoms with Gasteiger partial charge in [-0.3, -0.25) is 4.79 Å². The number of aliphatic hydroxyl groups excluding tert-OH is 1. The van der Waals surface area contributed by atoms with E-state index in [0.717, 1.165) is 43.2 Å². The second-order valence-corrected chi connectivity index (χ2v) is 12.2. The molecule has 0 radical (unpaired) electrons. The summed E-state index contributed by atoms with van der Waals surface area (Å²) in [5, 5.41) is 19.1. The lowest BCUT2D eigenvalue weighted by Gasteiger charge is -2.36. The van der Waals surface area contributed by atoms with Gasteiger partial charge in [-0.1, -0.05) is 41.9 Å². The number of nitrogens with one attached hydrogen (secondary N) is 1. The van der Waals surface area contributed by atoms with Gasteiger partial charge in [0.25, 0.3) is 6.01 Å². The van der Waals surface area contributed by atoms with Crippen LogP contribution in [0.5, 0.6) is 6.01 Å². The van der Waals surface area contributed by atoms with Gasteiger partial charge >= 0.3 is 12.0 Å². The Morgan fingerprint density at radius 2 is 1.83 bits per heavy atom. The van der Waals surface area contributed by atoms with Crippen molar-refractivity contribution in [1.29, 1.82) is 0 Å². The number of urea groups is 1. The van der Waals surface area contributed by atoms with Gasteiger partial charge in [0.05, 0.1) is 28.3 Å². The van der Waals surface area contributed by atoms with E-state index < -0.39 is 11.4 Å². The van der Waals surface area contributed by atoms with E-state index in [0.29, 0.717) is 47.5 Å². The topological polar surface area (TPSA) is 132 Å². The number of benzene rings is 1. The number of nitrogens with zero attached hydrogens (tertiary/aromatic N) is 4. The largest absolute Gasteiger partial charge is 0.481 e. The molecule has 1 saturated carbocycles. The zero-order chi connectivity index (χ0) is 30.0. The van der Waals surface area contributed by atoms with Gasteiger partial charge in [0.1, 0.15) is 6.10 Å². The van der Waals surface area contributed by atoms with Crippen LogP contribution in [-0.4, -0.2) is 86.4 Å². The van der Waals surface area contributed by atoms with E-state index in [1.54, 1.807) is 25.8 Å². The number of hydrogen-bond acceptors (Lipinski definition) is 6.